The molecule has 2 aromatic heterocycles. The zero-order chi connectivity index (χ0) is 13.3. The third-order valence-corrected chi connectivity index (χ3v) is 2.19. The molecule has 0 saturated carbocycles. The summed E-state index contributed by atoms with van der Waals surface area (Å²) in [6.07, 6.45) is 2.37. The highest BCUT2D eigenvalue weighted by Gasteiger charge is 2.23. The van der Waals surface area contributed by atoms with Crippen LogP contribution in [0, 0.1) is 32.8 Å². The van der Waals surface area contributed by atoms with Gasteiger partial charge >= 0.3 is 5.69 Å². The zero-order valence-electron chi connectivity index (χ0n) is 9.10. The van der Waals surface area contributed by atoms with E-state index in [2.05, 4.69) is 10.1 Å². The smallest absolute Gasteiger partial charge is 0.266 e. The van der Waals surface area contributed by atoms with Gasteiger partial charge in [-0.05, 0) is 0 Å². The van der Waals surface area contributed by atoms with Crippen molar-refractivity contribution in [2.75, 3.05) is 0 Å². The molecule has 0 atom stereocenters. The Bertz CT molecular complexity index is 712. The Balaban J connectivity index is 2.71. The van der Waals surface area contributed by atoms with Crippen LogP contribution in [0.4, 0.5) is 5.69 Å². The first-order valence-electron chi connectivity index (χ1n) is 4.64. The maximum absolute atomic E-state index is 10.9. The number of imidazole rings is 1. The van der Waals surface area contributed by atoms with Crippen molar-refractivity contribution in [1.29, 1.82) is 10.5 Å². The molecule has 88 valence electrons. The molecular formula is C9H5N7O2. The Morgan fingerprint density at radius 2 is 2.17 bits per heavy atom. The first kappa shape index (κ1) is 11.3. The molecule has 0 N–H and O–H groups in total. The molecule has 0 aliphatic rings. The highest BCUT2D eigenvalue weighted by Crippen LogP contribution is 2.22. The Kier molecular flexibility index (Phi) is 2.50. The molecule has 0 amide bonds. The molecule has 0 saturated heterocycles. The first-order chi connectivity index (χ1) is 8.58. The fourth-order valence-corrected chi connectivity index (χ4v) is 1.46. The number of aryl methyl sites for hydroxylation is 1. The summed E-state index contributed by atoms with van der Waals surface area (Å²) in [5.74, 6) is -0.0481. The van der Waals surface area contributed by atoms with E-state index >= 15 is 0 Å². The van der Waals surface area contributed by atoms with Crippen molar-refractivity contribution < 1.29 is 4.92 Å². The first-order valence-corrected chi connectivity index (χ1v) is 4.64. The second kappa shape index (κ2) is 3.99. The van der Waals surface area contributed by atoms with Gasteiger partial charge < -0.3 is 0 Å². The van der Waals surface area contributed by atoms with Crippen LogP contribution in [-0.2, 0) is 7.05 Å². The van der Waals surface area contributed by atoms with Crippen LogP contribution in [0.15, 0.2) is 12.5 Å². The fraction of sp³-hybridized carbons (Fsp3) is 0.111. The normalized spacial score (nSPS) is 9.72. The van der Waals surface area contributed by atoms with Gasteiger partial charge in [0.1, 0.15) is 24.7 Å². The van der Waals surface area contributed by atoms with Gasteiger partial charge in [-0.1, -0.05) is 0 Å². The number of rotatable bonds is 2. The van der Waals surface area contributed by atoms with Crippen LogP contribution in [0.1, 0.15) is 11.4 Å². The quantitative estimate of drug-likeness (QED) is 0.549. The van der Waals surface area contributed by atoms with Crippen molar-refractivity contribution in [1.82, 2.24) is 19.3 Å². The monoisotopic (exact) mass is 243 g/mol. The molecule has 2 heterocycles. The molecule has 0 unspecified atom stereocenters. The fourth-order valence-electron chi connectivity index (χ4n) is 1.46. The zero-order valence-corrected chi connectivity index (χ0v) is 9.10. The van der Waals surface area contributed by atoms with E-state index in [9.17, 15) is 10.1 Å². The predicted octanol–water partition coefficient (Wildman–Crippen LogP) is 0.257. The molecular weight excluding hydrogens is 238 g/mol. The molecule has 0 aliphatic heterocycles. The minimum atomic E-state index is -0.616. The second-order valence-electron chi connectivity index (χ2n) is 3.30. The van der Waals surface area contributed by atoms with Crippen LogP contribution in [-0.4, -0.2) is 24.3 Å². The van der Waals surface area contributed by atoms with Gasteiger partial charge in [0.25, 0.3) is 0 Å². The van der Waals surface area contributed by atoms with Crippen LogP contribution >= 0.6 is 0 Å². The predicted molar refractivity (Wildman–Crippen MR) is 56.4 cm³/mol. The standard InChI is InChI=1S/C9H5N7O2/c1-14-4-8(16(17)18)9(13-14)15-5-12-6(2-10)7(15)3-11/h4-5H,1H3. The minimum absolute atomic E-state index is 0.0481. The highest BCUT2D eigenvalue weighted by molar-refractivity contribution is 5.50. The molecule has 0 spiro atoms. The van der Waals surface area contributed by atoms with Gasteiger partial charge in [-0.2, -0.15) is 10.5 Å². The number of aromatic nitrogens is 4. The Labute approximate surface area is 100 Å². The van der Waals surface area contributed by atoms with Crippen molar-refractivity contribution in [3.8, 4) is 18.0 Å². The largest absolute Gasteiger partial charge is 0.331 e. The van der Waals surface area contributed by atoms with E-state index in [0.29, 0.717) is 0 Å². The Morgan fingerprint density at radius 1 is 1.44 bits per heavy atom. The molecule has 0 fully saturated rings. The average molecular weight is 243 g/mol. The number of nitro groups is 1. The van der Waals surface area contributed by atoms with Gasteiger partial charge in [0.15, 0.2) is 11.4 Å². The molecule has 0 aromatic carbocycles. The second-order valence-corrected chi connectivity index (χ2v) is 3.30. The lowest BCUT2D eigenvalue weighted by Crippen LogP contribution is -2.01. The van der Waals surface area contributed by atoms with Crippen molar-refractivity contribution in [2.45, 2.75) is 0 Å². The summed E-state index contributed by atoms with van der Waals surface area (Å²) in [7, 11) is 1.52. The summed E-state index contributed by atoms with van der Waals surface area (Å²) in [6, 6.07) is 3.51. The number of nitriles is 2. The van der Waals surface area contributed by atoms with Gasteiger partial charge in [-0.25, -0.2) is 4.98 Å². The SMILES string of the molecule is Cn1cc([N+](=O)[O-])c(-n2cnc(C#N)c2C#N)n1. The van der Waals surface area contributed by atoms with E-state index in [1.54, 1.807) is 12.1 Å². The van der Waals surface area contributed by atoms with E-state index in [4.69, 9.17) is 10.5 Å². The third kappa shape index (κ3) is 1.56. The topological polar surface area (TPSA) is 126 Å². The van der Waals surface area contributed by atoms with Crippen molar-refractivity contribution in [2.24, 2.45) is 7.05 Å². The van der Waals surface area contributed by atoms with E-state index < -0.39 is 4.92 Å². The Morgan fingerprint density at radius 3 is 2.72 bits per heavy atom. The summed E-state index contributed by atoms with van der Waals surface area (Å²) in [4.78, 5) is 13.9. The van der Waals surface area contributed by atoms with Crippen LogP contribution in [0.25, 0.3) is 5.82 Å². The summed E-state index contributed by atoms with van der Waals surface area (Å²) in [5.41, 5.74) is -0.451. The molecule has 0 radical (unpaired) electrons. The average Bonchev–Trinajstić information content (AvgIpc) is 2.90. The lowest BCUT2D eigenvalue weighted by molar-refractivity contribution is -0.384. The maximum atomic E-state index is 10.9. The minimum Gasteiger partial charge on any atom is -0.266 e. The molecule has 9 heteroatoms. The Hall–Kier alpha value is -3.20. The third-order valence-electron chi connectivity index (χ3n) is 2.19. The van der Waals surface area contributed by atoms with Crippen LogP contribution in [0.2, 0.25) is 0 Å². The number of hydrogen-bond acceptors (Lipinski definition) is 6. The van der Waals surface area contributed by atoms with E-state index in [1.165, 1.54) is 17.9 Å². The van der Waals surface area contributed by atoms with Crippen LogP contribution in [0.5, 0.6) is 0 Å². The van der Waals surface area contributed by atoms with Crippen molar-refractivity contribution >= 4 is 5.69 Å². The van der Waals surface area contributed by atoms with Crippen molar-refractivity contribution in [3.63, 3.8) is 0 Å². The van der Waals surface area contributed by atoms with Crippen LogP contribution in [0.3, 0.4) is 0 Å². The molecule has 0 aliphatic carbocycles. The highest BCUT2D eigenvalue weighted by atomic mass is 16.6. The molecule has 0 bridgehead atoms. The van der Waals surface area contributed by atoms with E-state index in [-0.39, 0.29) is 22.9 Å². The van der Waals surface area contributed by atoms with E-state index in [1.807, 2.05) is 0 Å². The molecule has 2 aromatic rings. The van der Waals surface area contributed by atoms with E-state index in [0.717, 1.165) is 10.9 Å². The van der Waals surface area contributed by atoms with Gasteiger partial charge in [-0.15, -0.1) is 5.10 Å². The number of nitrogens with zero attached hydrogens (tertiary/aromatic N) is 7. The lowest BCUT2D eigenvalue weighted by atomic mass is 10.3. The molecule has 2 rings (SSSR count). The summed E-state index contributed by atoms with van der Waals surface area (Å²) in [6.45, 7) is 0. The van der Waals surface area contributed by atoms with Crippen LogP contribution < -0.4 is 0 Å². The van der Waals surface area contributed by atoms with Gasteiger partial charge in [-0.3, -0.25) is 19.4 Å². The van der Waals surface area contributed by atoms with Gasteiger partial charge in [0.2, 0.25) is 5.82 Å². The lowest BCUT2D eigenvalue weighted by Gasteiger charge is -1.97. The molecule has 18 heavy (non-hydrogen) atoms. The number of hydrogen-bond donors (Lipinski definition) is 0. The van der Waals surface area contributed by atoms with Crippen molar-refractivity contribution in [3.05, 3.63) is 34.0 Å². The van der Waals surface area contributed by atoms with Gasteiger partial charge in [0.05, 0.1) is 4.92 Å². The summed E-state index contributed by atoms with van der Waals surface area (Å²) in [5, 5.41) is 32.5. The summed E-state index contributed by atoms with van der Waals surface area (Å²) >= 11 is 0. The molecule has 9 nitrogen and oxygen atoms in total. The summed E-state index contributed by atoms with van der Waals surface area (Å²) < 4.78 is 2.37. The maximum Gasteiger partial charge on any atom is 0.331 e. The van der Waals surface area contributed by atoms with Gasteiger partial charge in [0, 0.05) is 7.05 Å².